The van der Waals surface area contributed by atoms with Crippen molar-refractivity contribution in [2.24, 2.45) is 0 Å². The van der Waals surface area contributed by atoms with Crippen molar-refractivity contribution in [2.45, 2.75) is 39.8 Å². The Labute approximate surface area is 196 Å². The molecule has 8 heteroatoms. The molecule has 0 radical (unpaired) electrons. The Kier molecular flexibility index (Phi) is 5.46. The van der Waals surface area contributed by atoms with Gasteiger partial charge in [-0.25, -0.2) is 0 Å². The molecule has 0 fully saturated rings. The van der Waals surface area contributed by atoms with Crippen LogP contribution in [0.5, 0.6) is 0 Å². The highest BCUT2D eigenvalue weighted by Gasteiger charge is 2.23. The normalized spacial score (nSPS) is 14.2. The first-order valence-electron chi connectivity index (χ1n) is 11.0. The van der Waals surface area contributed by atoms with Gasteiger partial charge in [0.15, 0.2) is 0 Å². The van der Waals surface area contributed by atoms with Crippen LogP contribution in [0, 0.1) is 6.92 Å². The number of rotatable bonds is 5. The molecule has 1 aliphatic rings. The predicted octanol–water partition coefficient (Wildman–Crippen LogP) is 5.34. The van der Waals surface area contributed by atoms with E-state index in [1.54, 1.807) is 0 Å². The molecule has 0 unspecified atom stereocenters. The van der Waals surface area contributed by atoms with Gasteiger partial charge in [-0.05, 0) is 62.1 Å². The lowest BCUT2D eigenvalue weighted by Gasteiger charge is -2.28. The van der Waals surface area contributed by atoms with Gasteiger partial charge in [-0.2, -0.15) is 4.98 Å². The van der Waals surface area contributed by atoms with E-state index in [0.29, 0.717) is 29.3 Å². The van der Waals surface area contributed by atoms with E-state index in [2.05, 4.69) is 35.5 Å². The molecule has 0 saturated heterocycles. The Bertz CT molecular complexity index is 1370. The maximum absolute atomic E-state index is 11.0. The van der Waals surface area contributed by atoms with Crippen LogP contribution in [0.2, 0.25) is 5.02 Å². The van der Waals surface area contributed by atoms with Crippen molar-refractivity contribution >= 4 is 28.5 Å². The van der Waals surface area contributed by atoms with Crippen LogP contribution in [0.1, 0.15) is 36.6 Å². The molecule has 170 valence electrons. The van der Waals surface area contributed by atoms with E-state index in [1.807, 2.05) is 41.4 Å². The number of carboxylic acids is 1. The highest BCUT2D eigenvalue weighted by atomic mass is 35.5. The molecular formula is C25H25ClN4O3. The van der Waals surface area contributed by atoms with Crippen molar-refractivity contribution in [1.29, 1.82) is 0 Å². The number of hydrogen-bond acceptors (Lipinski definition) is 5. The monoisotopic (exact) mass is 464 g/mol. The van der Waals surface area contributed by atoms with Gasteiger partial charge in [0.2, 0.25) is 5.82 Å². The molecule has 5 rings (SSSR count). The van der Waals surface area contributed by atoms with E-state index in [9.17, 15) is 4.79 Å². The van der Waals surface area contributed by atoms with E-state index >= 15 is 0 Å². The minimum absolute atomic E-state index is 0.0589. The maximum Gasteiger partial charge on any atom is 0.317 e. The fraction of sp³-hybridized carbons (Fsp3) is 0.320. The zero-order chi connectivity index (χ0) is 23.3. The number of benzene rings is 2. The van der Waals surface area contributed by atoms with E-state index in [1.165, 1.54) is 5.56 Å². The summed E-state index contributed by atoms with van der Waals surface area (Å²) in [6.07, 6.45) is 2.75. The number of nitrogens with zero attached hydrogens (tertiary/aromatic N) is 4. The minimum Gasteiger partial charge on any atom is -0.480 e. The second kappa shape index (κ2) is 8.32. The van der Waals surface area contributed by atoms with E-state index in [0.717, 1.165) is 46.1 Å². The highest BCUT2D eigenvalue weighted by Crippen LogP contribution is 2.34. The summed E-state index contributed by atoms with van der Waals surface area (Å²) in [6, 6.07) is 10.4. The van der Waals surface area contributed by atoms with Gasteiger partial charge in [0.1, 0.15) is 0 Å². The molecule has 0 atom stereocenters. The third kappa shape index (κ3) is 3.92. The zero-order valence-electron chi connectivity index (χ0n) is 18.8. The average molecular weight is 465 g/mol. The molecule has 0 aliphatic carbocycles. The first-order chi connectivity index (χ1) is 15.8. The third-order valence-electron chi connectivity index (χ3n) is 6.38. The van der Waals surface area contributed by atoms with E-state index in [-0.39, 0.29) is 6.54 Å². The summed E-state index contributed by atoms with van der Waals surface area (Å²) >= 11 is 6.49. The Balaban J connectivity index is 1.46. The van der Waals surface area contributed by atoms with Crippen molar-refractivity contribution in [3.63, 3.8) is 0 Å². The van der Waals surface area contributed by atoms with Crippen LogP contribution in [0.25, 0.3) is 33.7 Å². The number of fused-ring (bicyclic) bond motifs is 2. The predicted molar refractivity (Wildman–Crippen MR) is 127 cm³/mol. The molecule has 2 aromatic heterocycles. The SMILES string of the molecule is Cc1c(-c2noc(-c3ccc4c(c3)c(Cl)cn4C(C)C)n2)ccc2c1CCN(CC(=O)O)C2. The quantitative estimate of drug-likeness (QED) is 0.429. The molecule has 0 amide bonds. The maximum atomic E-state index is 11.0. The summed E-state index contributed by atoms with van der Waals surface area (Å²) in [5.74, 6) is 0.195. The molecule has 7 nitrogen and oxygen atoms in total. The Morgan fingerprint density at radius 1 is 1.27 bits per heavy atom. The van der Waals surface area contributed by atoms with Gasteiger partial charge >= 0.3 is 5.97 Å². The van der Waals surface area contributed by atoms with Crippen LogP contribution in [0.3, 0.4) is 0 Å². The number of carboxylic acid groups (broad SMARTS) is 1. The lowest BCUT2D eigenvalue weighted by molar-refractivity contribution is -0.138. The van der Waals surface area contributed by atoms with Gasteiger partial charge in [0, 0.05) is 47.4 Å². The standard InChI is InChI=1S/C25H25ClN4O3/c1-14(2)30-12-21(26)20-10-16(5-7-22(20)30)25-27-24(28-33-25)19-6-4-17-11-29(13-23(31)32)9-8-18(17)15(19)3/h4-7,10,12,14H,8-9,11,13H2,1-3H3,(H,31,32). The second-order valence-corrected chi connectivity index (χ2v) is 9.27. The smallest absolute Gasteiger partial charge is 0.317 e. The van der Waals surface area contributed by atoms with Crippen LogP contribution >= 0.6 is 11.6 Å². The molecular weight excluding hydrogens is 440 g/mol. The van der Waals surface area contributed by atoms with Crippen LogP contribution in [0.4, 0.5) is 0 Å². The molecule has 1 N–H and O–H groups in total. The first kappa shape index (κ1) is 21.7. The Hall–Kier alpha value is -3.16. The lowest BCUT2D eigenvalue weighted by atomic mass is 9.91. The number of carbonyl (C=O) groups is 1. The number of aromatic nitrogens is 3. The van der Waals surface area contributed by atoms with Crippen LogP contribution < -0.4 is 0 Å². The van der Waals surface area contributed by atoms with E-state index < -0.39 is 5.97 Å². The molecule has 3 heterocycles. The second-order valence-electron chi connectivity index (χ2n) is 8.86. The van der Waals surface area contributed by atoms with Crippen LogP contribution in [-0.4, -0.2) is 43.8 Å². The van der Waals surface area contributed by atoms with Gasteiger partial charge in [0.25, 0.3) is 5.89 Å². The lowest BCUT2D eigenvalue weighted by Crippen LogP contribution is -2.35. The third-order valence-corrected chi connectivity index (χ3v) is 6.68. The van der Waals surface area contributed by atoms with Gasteiger partial charge in [-0.15, -0.1) is 0 Å². The van der Waals surface area contributed by atoms with Crippen molar-refractivity contribution in [3.05, 3.63) is 58.2 Å². The number of hydrogen-bond donors (Lipinski definition) is 1. The summed E-state index contributed by atoms with van der Waals surface area (Å²) in [4.78, 5) is 17.7. The summed E-state index contributed by atoms with van der Waals surface area (Å²) in [7, 11) is 0. The topological polar surface area (TPSA) is 84.4 Å². The number of aliphatic carboxylic acids is 1. The molecule has 2 aromatic carbocycles. The average Bonchev–Trinajstić information content (AvgIpc) is 3.38. The Morgan fingerprint density at radius 3 is 2.85 bits per heavy atom. The first-order valence-corrected chi connectivity index (χ1v) is 11.4. The largest absolute Gasteiger partial charge is 0.480 e. The molecule has 0 spiro atoms. The highest BCUT2D eigenvalue weighted by molar-refractivity contribution is 6.35. The van der Waals surface area contributed by atoms with E-state index in [4.69, 9.17) is 21.2 Å². The number of halogens is 1. The van der Waals surface area contributed by atoms with Gasteiger partial charge in [0.05, 0.1) is 11.6 Å². The van der Waals surface area contributed by atoms with Crippen molar-refractivity contribution in [2.75, 3.05) is 13.1 Å². The molecule has 0 saturated carbocycles. The minimum atomic E-state index is -0.800. The summed E-state index contributed by atoms with van der Waals surface area (Å²) in [5.41, 5.74) is 6.33. The fourth-order valence-electron chi connectivity index (χ4n) is 4.69. The van der Waals surface area contributed by atoms with Crippen molar-refractivity contribution in [1.82, 2.24) is 19.6 Å². The molecule has 4 aromatic rings. The molecule has 1 aliphatic heterocycles. The van der Waals surface area contributed by atoms with Gasteiger partial charge in [-0.3, -0.25) is 9.69 Å². The van der Waals surface area contributed by atoms with Gasteiger partial charge in [-0.1, -0.05) is 28.9 Å². The molecule has 33 heavy (non-hydrogen) atoms. The van der Waals surface area contributed by atoms with Crippen molar-refractivity contribution < 1.29 is 14.4 Å². The molecule has 0 bridgehead atoms. The Morgan fingerprint density at radius 2 is 2.09 bits per heavy atom. The summed E-state index contributed by atoms with van der Waals surface area (Å²) < 4.78 is 7.77. The summed E-state index contributed by atoms with van der Waals surface area (Å²) in [6.45, 7) is 7.73. The zero-order valence-corrected chi connectivity index (χ0v) is 19.6. The van der Waals surface area contributed by atoms with Crippen LogP contribution in [0.15, 0.2) is 41.1 Å². The van der Waals surface area contributed by atoms with Gasteiger partial charge < -0.3 is 14.2 Å². The van der Waals surface area contributed by atoms with Crippen molar-refractivity contribution in [3.8, 4) is 22.8 Å². The van der Waals surface area contributed by atoms with Crippen LogP contribution in [-0.2, 0) is 17.8 Å². The fourth-order valence-corrected chi connectivity index (χ4v) is 4.95. The summed E-state index contributed by atoms with van der Waals surface area (Å²) in [5, 5.41) is 15.0.